The summed E-state index contributed by atoms with van der Waals surface area (Å²) in [6.45, 7) is 1.47. The molecule has 3 heteroatoms. The molecule has 82 valence electrons. The minimum absolute atomic E-state index is 0.182. The minimum atomic E-state index is -0.268. The number of rotatable bonds is 1. The van der Waals surface area contributed by atoms with E-state index in [4.69, 9.17) is 4.74 Å². The summed E-state index contributed by atoms with van der Waals surface area (Å²) >= 11 is 0. The van der Waals surface area contributed by atoms with Crippen LogP contribution >= 0.6 is 0 Å². The molecule has 0 aromatic heterocycles. The lowest BCUT2D eigenvalue weighted by Gasteiger charge is -2.37. The number of hydrogen-bond donors (Lipinski definition) is 0. The van der Waals surface area contributed by atoms with E-state index in [0.717, 1.165) is 32.1 Å². The molecule has 3 fully saturated rings. The molecule has 0 radical (unpaired) electrons. The number of ether oxygens (including phenoxy) is 1. The van der Waals surface area contributed by atoms with Crippen molar-refractivity contribution < 1.29 is 14.3 Å². The normalized spacial score (nSPS) is 47.0. The maximum absolute atomic E-state index is 11.7. The van der Waals surface area contributed by atoms with Crippen LogP contribution in [0.25, 0.3) is 0 Å². The fourth-order valence-electron chi connectivity index (χ4n) is 4.05. The fraction of sp³-hybridized carbons (Fsp3) is 0.833. The van der Waals surface area contributed by atoms with Crippen molar-refractivity contribution >= 4 is 11.8 Å². The zero-order chi connectivity index (χ0) is 10.6. The number of carbonyl (C=O) groups is 2. The summed E-state index contributed by atoms with van der Waals surface area (Å²) in [7, 11) is 0. The van der Waals surface area contributed by atoms with E-state index in [1.54, 1.807) is 0 Å². The molecule has 0 spiro atoms. The Bertz CT molecular complexity index is 336. The monoisotopic (exact) mass is 208 g/mol. The second-order valence-corrected chi connectivity index (χ2v) is 5.51. The van der Waals surface area contributed by atoms with Gasteiger partial charge < -0.3 is 4.74 Å². The lowest BCUT2D eigenvalue weighted by atomic mass is 9.70. The Morgan fingerprint density at radius 2 is 2.07 bits per heavy atom. The van der Waals surface area contributed by atoms with Gasteiger partial charge in [0.15, 0.2) is 0 Å². The van der Waals surface area contributed by atoms with Gasteiger partial charge in [0.1, 0.15) is 11.4 Å². The molecule has 0 N–H and O–H groups in total. The molecule has 0 heterocycles. The number of Topliss-reactive ketones (excluding diaryl/α,β-unsaturated/α-hetero) is 1. The van der Waals surface area contributed by atoms with Gasteiger partial charge in [-0.2, -0.15) is 0 Å². The van der Waals surface area contributed by atoms with Gasteiger partial charge >= 0.3 is 5.97 Å². The zero-order valence-electron chi connectivity index (χ0n) is 8.99. The molecule has 3 rings (SSSR count). The number of carbonyl (C=O) groups excluding carboxylic acids is 2. The quantitative estimate of drug-likeness (QED) is 0.616. The van der Waals surface area contributed by atoms with Gasteiger partial charge in [0, 0.05) is 19.3 Å². The van der Waals surface area contributed by atoms with E-state index in [1.807, 2.05) is 0 Å². The van der Waals surface area contributed by atoms with Crippen LogP contribution < -0.4 is 0 Å². The Morgan fingerprint density at radius 3 is 2.80 bits per heavy atom. The first-order valence-corrected chi connectivity index (χ1v) is 5.80. The van der Waals surface area contributed by atoms with Gasteiger partial charge in [0.25, 0.3) is 0 Å². The summed E-state index contributed by atoms with van der Waals surface area (Å²) in [6.07, 6.45) is 4.50. The molecular weight excluding hydrogens is 192 g/mol. The predicted octanol–water partition coefficient (Wildman–Crippen LogP) is 1.70. The Morgan fingerprint density at radius 1 is 1.33 bits per heavy atom. The number of fused-ring (bicyclic) bond motifs is 2. The van der Waals surface area contributed by atoms with E-state index in [-0.39, 0.29) is 17.5 Å². The first-order chi connectivity index (χ1) is 7.08. The van der Waals surface area contributed by atoms with E-state index < -0.39 is 0 Å². The van der Waals surface area contributed by atoms with E-state index in [0.29, 0.717) is 17.6 Å². The summed E-state index contributed by atoms with van der Waals surface area (Å²) in [5.41, 5.74) is -0.268. The van der Waals surface area contributed by atoms with Gasteiger partial charge in [-0.15, -0.1) is 0 Å². The van der Waals surface area contributed by atoms with Crippen molar-refractivity contribution in [2.45, 2.75) is 44.6 Å². The summed E-state index contributed by atoms with van der Waals surface area (Å²) in [6, 6.07) is 0. The van der Waals surface area contributed by atoms with E-state index >= 15 is 0 Å². The maximum atomic E-state index is 11.7. The first kappa shape index (κ1) is 9.37. The van der Waals surface area contributed by atoms with Gasteiger partial charge in [-0.3, -0.25) is 9.59 Å². The third kappa shape index (κ3) is 1.32. The van der Waals surface area contributed by atoms with Crippen molar-refractivity contribution in [2.24, 2.45) is 17.8 Å². The van der Waals surface area contributed by atoms with Gasteiger partial charge in [0.2, 0.25) is 0 Å². The van der Waals surface area contributed by atoms with Crippen molar-refractivity contribution in [3.63, 3.8) is 0 Å². The second kappa shape index (κ2) is 2.83. The SMILES string of the molecule is CC(=O)O[C@@]12C[C@H]3C[C@@H](C1)[C@@H](CC3=O)C2. The van der Waals surface area contributed by atoms with Crippen molar-refractivity contribution in [3.8, 4) is 0 Å². The van der Waals surface area contributed by atoms with Crippen molar-refractivity contribution in [1.29, 1.82) is 0 Å². The van der Waals surface area contributed by atoms with Gasteiger partial charge in [-0.1, -0.05) is 0 Å². The van der Waals surface area contributed by atoms with E-state index in [9.17, 15) is 9.59 Å². The van der Waals surface area contributed by atoms with Crippen molar-refractivity contribution in [3.05, 3.63) is 0 Å². The summed E-state index contributed by atoms with van der Waals surface area (Å²) in [4.78, 5) is 22.8. The molecular formula is C12H16O3. The van der Waals surface area contributed by atoms with Crippen LogP contribution in [0.3, 0.4) is 0 Å². The molecule has 15 heavy (non-hydrogen) atoms. The molecule has 0 saturated heterocycles. The molecule has 0 aliphatic heterocycles. The van der Waals surface area contributed by atoms with Crippen molar-refractivity contribution in [1.82, 2.24) is 0 Å². The average Bonchev–Trinajstić information content (AvgIpc) is 2.29. The lowest BCUT2D eigenvalue weighted by molar-refractivity contribution is -0.161. The second-order valence-electron chi connectivity index (χ2n) is 5.51. The van der Waals surface area contributed by atoms with Crippen LogP contribution in [-0.4, -0.2) is 17.4 Å². The number of ketones is 1. The molecule has 3 aliphatic carbocycles. The highest BCUT2D eigenvalue weighted by atomic mass is 16.6. The van der Waals surface area contributed by atoms with Gasteiger partial charge in [0.05, 0.1) is 0 Å². The molecule has 3 saturated carbocycles. The summed E-state index contributed by atoms with van der Waals surface area (Å²) in [5.74, 6) is 1.53. The van der Waals surface area contributed by atoms with Crippen molar-refractivity contribution in [2.75, 3.05) is 0 Å². The zero-order valence-corrected chi connectivity index (χ0v) is 8.99. The molecule has 4 atom stereocenters. The lowest BCUT2D eigenvalue weighted by Crippen LogP contribution is -2.40. The topological polar surface area (TPSA) is 43.4 Å². The molecule has 0 unspecified atom stereocenters. The number of hydrogen-bond acceptors (Lipinski definition) is 3. The minimum Gasteiger partial charge on any atom is -0.459 e. The highest BCUT2D eigenvalue weighted by molar-refractivity contribution is 5.83. The smallest absolute Gasteiger partial charge is 0.303 e. The highest BCUT2D eigenvalue weighted by Crippen LogP contribution is 2.57. The molecule has 0 aromatic rings. The Hall–Kier alpha value is -0.860. The van der Waals surface area contributed by atoms with Crippen LogP contribution in [0.1, 0.15) is 39.0 Å². The van der Waals surface area contributed by atoms with Gasteiger partial charge in [-0.25, -0.2) is 0 Å². The van der Waals surface area contributed by atoms with Crippen LogP contribution in [0.2, 0.25) is 0 Å². The number of esters is 1. The third-order valence-electron chi connectivity index (χ3n) is 4.42. The van der Waals surface area contributed by atoms with Crippen LogP contribution in [-0.2, 0) is 14.3 Å². The van der Waals surface area contributed by atoms with Crippen LogP contribution in [0.5, 0.6) is 0 Å². The predicted molar refractivity (Wildman–Crippen MR) is 53.1 cm³/mol. The molecule has 3 nitrogen and oxygen atoms in total. The Labute approximate surface area is 89.2 Å². The average molecular weight is 208 g/mol. The van der Waals surface area contributed by atoms with Crippen LogP contribution in [0.15, 0.2) is 0 Å². The first-order valence-electron chi connectivity index (χ1n) is 5.80. The standard InChI is InChI=1S/C12H16O3/c1-7(13)15-12-4-8-2-10(6-12)11(14)3-9(8)5-12/h8-10H,2-6H2,1H3/t8-,9-,10+,12-/m0/s1. The summed E-state index contributed by atoms with van der Waals surface area (Å²) in [5, 5.41) is 0. The molecule has 0 aromatic carbocycles. The maximum Gasteiger partial charge on any atom is 0.303 e. The Kier molecular flexibility index (Phi) is 1.77. The van der Waals surface area contributed by atoms with Gasteiger partial charge in [-0.05, 0) is 37.5 Å². The highest BCUT2D eigenvalue weighted by Gasteiger charge is 2.57. The fourth-order valence-corrected chi connectivity index (χ4v) is 4.05. The largest absolute Gasteiger partial charge is 0.459 e. The van der Waals surface area contributed by atoms with E-state index in [1.165, 1.54) is 6.92 Å². The molecule has 3 bridgehead atoms. The Balaban J connectivity index is 1.89. The molecule has 0 amide bonds. The van der Waals surface area contributed by atoms with E-state index in [2.05, 4.69) is 0 Å². The summed E-state index contributed by atoms with van der Waals surface area (Å²) < 4.78 is 5.51. The third-order valence-corrected chi connectivity index (χ3v) is 4.42. The molecule has 3 aliphatic rings. The van der Waals surface area contributed by atoms with Crippen LogP contribution in [0, 0.1) is 17.8 Å². The van der Waals surface area contributed by atoms with Crippen LogP contribution in [0.4, 0.5) is 0 Å².